The number of hydrogen-bond donors (Lipinski definition) is 1. The molecule has 12 heavy (non-hydrogen) atoms. The van der Waals surface area contributed by atoms with Gasteiger partial charge in [-0.3, -0.25) is 4.79 Å². The van der Waals surface area contributed by atoms with Gasteiger partial charge in [-0.2, -0.15) is 0 Å². The van der Waals surface area contributed by atoms with Gasteiger partial charge in [0, 0.05) is 5.56 Å². The molecule has 0 heterocycles. The normalized spacial score (nSPS) is 9.92. The van der Waals surface area contributed by atoms with Crippen molar-refractivity contribution < 1.29 is 9.18 Å². The zero-order valence-corrected chi connectivity index (χ0v) is 6.80. The van der Waals surface area contributed by atoms with Gasteiger partial charge in [0.1, 0.15) is 5.82 Å². The Labute approximate surface area is 70.2 Å². The van der Waals surface area contributed by atoms with Gasteiger partial charge in [-0.05, 0) is 30.7 Å². The Morgan fingerprint density at radius 2 is 2.17 bits per heavy atom. The summed E-state index contributed by atoms with van der Waals surface area (Å²) in [7, 11) is 0. The van der Waals surface area contributed by atoms with Gasteiger partial charge in [-0.15, -0.1) is 0 Å². The minimum absolute atomic E-state index is 0.0805. The molecule has 0 aliphatic rings. The molecule has 0 saturated heterocycles. The smallest absolute Gasteiger partial charge is 0.176 e. The van der Waals surface area contributed by atoms with Gasteiger partial charge in [0.05, 0.1) is 6.54 Å². The number of aryl methyl sites for hydroxylation is 1. The molecule has 64 valence electrons. The van der Waals surface area contributed by atoms with E-state index < -0.39 is 5.82 Å². The number of carbonyl (C=O) groups is 1. The SMILES string of the molecule is Cc1cc(F)cc(C(=O)CN)c1. The zero-order valence-electron chi connectivity index (χ0n) is 6.80. The minimum atomic E-state index is -0.396. The van der Waals surface area contributed by atoms with Crippen LogP contribution in [0.1, 0.15) is 15.9 Å². The van der Waals surface area contributed by atoms with Crippen LogP contribution in [-0.4, -0.2) is 12.3 Å². The van der Waals surface area contributed by atoms with Gasteiger partial charge in [-0.25, -0.2) is 4.39 Å². The van der Waals surface area contributed by atoms with Crippen molar-refractivity contribution in [3.8, 4) is 0 Å². The molecule has 0 bridgehead atoms. The molecule has 0 amide bonds. The van der Waals surface area contributed by atoms with Crippen LogP contribution in [0.4, 0.5) is 4.39 Å². The summed E-state index contributed by atoms with van der Waals surface area (Å²) in [5, 5.41) is 0. The third-order valence-electron chi connectivity index (χ3n) is 1.55. The number of rotatable bonds is 2. The maximum absolute atomic E-state index is 12.7. The lowest BCUT2D eigenvalue weighted by molar-refractivity contribution is 0.100. The van der Waals surface area contributed by atoms with Crippen molar-refractivity contribution in [2.24, 2.45) is 5.73 Å². The molecule has 1 aromatic rings. The standard InChI is InChI=1S/C9H10FNO/c1-6-2-7(9(12)5-11)4-8(10)3-6/h2-4H,5,11H2,1H3. The highest BCUT2D eigenvalue weighted by Crippen LogP contribution is 2.08. The molecule has 3 heteroatoms. The molecule has 0 atom stereocenters. The number of Topliss-reactive ketones (excluding diaryl/α,β-unsaturated/α-hetero) is 1. The molecular formula is C9H10FNO. The van der Waals surface area contributed by atoms with Crippen LogP contribution in [0, 0.1) is 12.7 Å². The van der Waals surface area contributed by atoms with Crippen LogP contribution >= 0.6 is 0 Å². The van der Waals surface area contributed by atoms with E-state index in [0.717, 1.165) is 5.56 Å². The van der Waals surface area contributed by atoms with Crippen LogP contribution in [0.25, 0.3) is 0 Å². The topological polar surface area (TPSA) is 43.1 Å². The highest BCUT2D eigenvalue weighted by atomic mass is 19.1. The Hall–Kier alpha value is -1.22. The van der Waals surface area contributed by atoms with Crippen molar-refractivity contribution in [3.63, 3.8) is 0 Å². The fourth-order valence-corrected chi connectivity index (χ4v) is 1.02. The summed E-state index contributed by atoms with van der Waals surface area (Å²) in [6.07, 6.45) is 0. The molecule has 0 fully saturated rings. The van der Waals surface area contributed by atoms with Crippen molar-refractivity contribution in [2.45, 2.75) is 6.92 Å². The van der Waals surface area contributed by atoms with E-state index in [-0.39, 0.29) is 12.3 Å². The summed E-state index contributed by atoms with van der Waals surface area (Å²) in [5.74, 6) is -0.635. The molecule has 2 N–H and O–H groups in total. The van der Waals surface area contributed by atoms with Crippen LogP contribution in [0.15, 0.2) is 18.2 Å². The van der Waals surface area contributed by atoms with Crippen molar-refractivity contribution in [2.75, 3.05) is 6.54 Å². The van der Waals surface area contributed by atoms with E-state index in [1.54, 1.807) is 13.0 Å². The van der Waals surface area contributed by atoms with Crippen LogP contribution in [-0.2, 0) is 0 Å². The van der Waals surface area contributed by atoms with E-state index in [4.69, 9.17) is 5.73 Å². The fraction of sp³-hybridized carbons (Fsp3) is 0.222. The number of hydrogen-bond acceptors (Lipinski definition) is 2. The first-order valence-corrected chi connectivity index (χ1v) is 3.64. The number of ketones is 1. The molecule has 0 radical (unpaired) electrons. The zero-order chi connectivity index (χ0) is 9.14. The van der Waals surface area contributed by atoms with E-state index in [1.807, 2.05) is 0 Å². The molecule has 0 spiro atoms. The summed E-state index contributed by atoms with van der Waals surface area (Å²) >= 11 is 0. The summed E-state index contributed by atoms with van der Waals surface area (Å²) < 4.78 is 12.7. The molecule has 0 unspecified atom stereocenters. The Bertz CT molecular complexity index is 289. The predicted octanol–water partition coefficient (Wildman–Crippen LogP) is 1.28. The van der Waals surface area contributed by atoms with Crippen LogP contribution < -0.4 is 5.73 Å². The lowest BCUT2D eigenvalue weighted by atomic mass is 10.1. The molecule has 1 rings (SSSR count). The van der Waals surface area contributed by atoms with Crippen LogP contribution in [0.2, 0.25) is 0 Å². The van der Waals surface area contributed by atoms with Crippen LogP contribution in [0.3, 0.4) is 0 Å². The van der Waals surface area contributed by atoms with Crippen LogP contribution in [0.5, 0.6) is 0 Å². The first-order chi connectivity index (χ1) is 5.63. The number of benzene rings is 1. The monoisotopic (exact) mass is 167 g/mol. The van der Waals surface area contributed by atoms with Crippen molar-refractivity contribution in [3.05, 3.63) is 35.1 Å². The summed E-state index contributed by atoms with van der Waals surface area (Å²) in [6.45, 7) is 1.65. The molecule has 0 aromatic heterocycles. The third kappa shape index (κ3) is 1.89. The van der Waals surface area contributed by atoms with Crippen molar-refractivity contribution >= 4 is 5.78 Å². The maximum atomic E-state index is 12.7. The first kappa shape index (κ1) is 8.87. The van der Waals surface area contributed by atoms with E-state index >= 15 is 0 Å². The molecule has 0 aliphatic heterocycles. The van der Waals surface area contributed by atoms with Crippen molar-refractivity contribution in [1.29, 1.82) is 0 Å². The minimum Gasteiger partial charge on any atom is -0.324 e. The first-order valence-electron chi connectivity index (χ1n) is 3.64. The second-order valence-corrected chi connectivity index (χ2v) is 2.64. The Balaban J connectivity index is 3.08. The lowest BCUT2D eigenvalue weighted by Crippen LogP contribution is -2.13. The lowest BCUT2D eigenvalue weighted by Gasteiger charge is -1.99. The summed E-state index contributed by atoms with van der Waals surface area (Å²) in [6, 6.07) is 4.19. The predicted molar refractivity (Wildman–Crippen MR) is 44.5 cm³/mol. The van der Waals surface area contributed by atoms with Gasteiger partial charge >= 0.3 is 0 Å². The largest absolute Gasteiger partial charge is 0.324 e. The second-order valence-electron chi connectivity index (χ2n) is 2.64. The number of nitrogens with two attached hydrogens (primary N) is 1. The maximum Gasteiger partial charge on any atom is 0.176 e. The second kappa shape index (κ2) is 3.45. The average molecular weight is 167 g/mol. The molecular weight excluding hydrogens is 157 g/mol. The highest BCUT2D eigenvalue weighted by Gasteiger charge is 2.04. The Morgan fingerprint density at radius 1 is 1.50 bits per heavy atom. The number of carbonyl (C=O) groups excluding carboxylic acids is 1. The van der Waals surface area contributed by atoms with E-state index in [1.165, 1.54) is 12.1 Å². The van der Waals surface area contributed by atoms with Gasteiger partial charge in [-0.1, -0.05) is 0 Å². The fourth-order valence-electron chi connectivity index (χ4n) is 1.02. The van der Waals surface area contributed by atoms with Gasteiger partial charge in [0.2, 0.25) is 0 Å². The van der Waals surface area contributed by atoms with Gasteiger partial charge < -0.3 is 5.73 Å². The molecule has 0 saturated carbocycles. The molecule has 2 nitrogen and oxygen atoms in total. The average Bonchev–Trinajstić information content (AvgIpc) is 2.01. The van der Waals surface area contributed by atoms with E-state index in [0.29, 0.717) is 5.56 Å². The van der Waals surface area contributed by atoms with Gasteiger partial charge in [0.25, 0.3) is 0 Å². The van der Waals surface area contributed by atoms with Crippen molar-refractivity contribution in [1.82, 2.24) is 0 Å². The Kier molecular flexibility index (Phi) is 2.55. The third-order valence-corrected chi connectivity index (χ3v) is 1.55. The van der Waals surface area contributed by atoms with Gasteiger partial charge in [0.15, 0.2) is 5.78 Å². The summed E-state index contributed by atoms with van der Waals surface area (Å²) in [4.78, 5) is 11.0. The van der Waals surface area contributed by atoms with E-state index in [9.17, 15) is 9.18 Å². The summed E-state index contributed by atoms with van der Waals surface area (Å²) in [5.41, 5.74) is 6.20. The quantitative estimate of drug-likeness (QED) is 0.674. The highest BCUT2D eigenvalue weighted by molar-refractivity contribution is 5.97. The van der Waals surface area contributed by atoms with E-state index in [2.05, 4.69) is 0 Å². The number of halogens is 1. The molecule has 0 aliphatic carbocycles. The molecule has 1 aromatic carbocycles. The Morgan fingerprint density at radius 3 is 2.67 bits per heavy atom.